The van der Waals surface area contributed by atoms with Crippen LogP contribution in [0, 0.1) is 0 Å². The molecule has 0 bridgehead atoms. The maximum Gasteiger partial charge on any atom is 0.0554 e. The molecule has 0 saturated heterocycles. The van der Waals surface area contributed by atoms with Crippen LogP contribution in [-0.4, -0.2) is 22.0 Å². The van der Waals surface area contributed by atoms with E-state index in [1.165, 1.54) is 0 Å². The lowest BCUT2D eigenvalue weighted by Crippen LogP contribution is -2.21. The molecule has 0 rings (SSSR count). The number of alkyl halides is 2. The first-order valence-corrected chi connectivity index (χ1v) is 4.86. The van der Waals surface area contributed by atoms with Crippen molar-refractivity contribution >= 4 is 23.2 Å². The molecular formula is C8H16Cl2O. The predicted octanol–water partition coefficient (Wildman–Crippen LogP) is 2.77. The Labute approximate surface area is 78.7 Å². The highest BCUT2D eigenvalue weighted by molar-refractivity contribution is 6.30. The van der Waals surface area contributed by atoms with Gasteiger partial charge in [0, 0.05) is 5.88 Å². The second-order valence-electron chi connectivity index (χ2n) is 3.15. The third kappa shape index (κ3) is 5.77. The van der Waals surface area contributed by atoms with Gasteiger partial charge < -0.3 is 5.11 Å². The topological polar surface area (TPSA) is 20.2 Å². The molecule has 0 aliphatic heterocycles. The van der Waals surface area contributed by atoms with Crippen molar-refractivity contribution < 1.29 is 5.11 Å². The van der Waals surface area contributed by atoms with E-state index in [-0.39, 0.29) is 11.0 Å². The van der Waals surface area contributed by atoms with Gasteiger partial charge in [0.25, 0.3) is 0 Å². The fourth-order valence-electron chi connectivity index (χ4n) is 0.739. The maximum atomic E-state index is 9.22. The molecule has 2 atom stereocenters. The summed E-state index contributed by atoms with van der Waals surface area (Å²) in [4.78, 5) is -0.349. The Morgan fingerprint density at radius 3 is 2.45 bits per heavy atom. The Hall–Kier alpha value is 0.540. The number of aliphatic hydroxyl groups excluding tert-OH is 1. The van der Waals surface area contributed by atoms with Crippen LogP contribution in [0.2, 0.25) is 0 Å². The molecule has 2 unspecified atom stereocenters. The van der Waals surface area contributed by atoms with E-state index in [1.807, 2.05) is 13.8 Å². The lowest BCUT2D eigenvalue weighted by atomic mass is 10.0. The van der Waals surface area contributed by atoms with Gasteiger partial charge in [0.2, 0.25) is 0 Å². The fraction of sp³-hybridized carbons (Fsp3) is 1.00. The number of hydrogen-bond donors (Lipinski definition) is 1. The first-order chi connectivity index (χ1) is 5.02. The molecule has 0 spiro atoms. The van der Waals surface area contributed by atoms with Gasteiger partial charge in [-0.1, -0.05) is 6.92 Å². The van der Waals surface area contributed by atoms with E-state index in [1.54, 1.807) is 0 Å². The standard InChI is InChI=1S/C8H16Cl2O/c1-3-7(11)4-5-8(2,10)6-9/h7,11H,3-6H2,1-2H3. The number of aliphatic hydroxyl groups is 1. The van der Waals surface area contributed by atoms with Crippen molar-refractivity contribution in [3.63, 3.8) is 0 Å². The molecule has 1 N–H and O–H groups in total. The van der Waals surface area contributed by atoms with Crippen LogP contribution in [0.5, 0.6) is 0 Å². The average Bonchev–Trinajstić information content (AvgIpc) is 2.00. The summed E-state index contributed by atoms with van der Waals surface area (Å²) < 4.78 is 0. The number of rotatable bonds is 5. The van der Waals surface area contributed by atoms with Gasteiger partial charge in [-0.25, -0.2) is 0 Å². The molecule has 0 aliphatic rings. The van der Waals surface area contributed by atoms with Gasteiger partial charge in [-0.2, -0.15) is 0 Å². The monoisotopic (exact) mass is 198 g/mol. The highest BCUT2D eigenvalue weighted by Gasteiger charge is 2.19. The predicted molar refractivity (Wildman–Crippen MR) is 50.5 cm³/mol. The summed E-state index contributed by atoms with van der Waals surface area (Å²) in [6.07, 6.45) is 2.07. The van der Waals surface area contributed by atoms with Gasteiger partial charge in [0.15, 0.2) is 0 Å². The maximum absolute atomic E-state index is 9.22. The van der Waals surface area contributed by atoms with Crippen LogP contribution in [0.1, 0.15) is 33.1 Å². The molecule has 0 aromatic heterocycles. The van der Waals surface area contributed by atoms with Crippen LogP contribution in [0.3, 0.4) is 0 Å². The van der Waals surface area contributed by atoms with E-state index >= 15 is 0 Å². The second kappa shape index (κ2) is 5.23. The largest absolute Gasteiger partial charge is 0.393 e. The van der Waals surface area contributed by atoms with Crippen molar-refractivity contribution in [3.8, 4) is 0 Å². The van der Waals surface area contributed by atoms with Crippen molar-refractivity contribution in [1.82, 2.24) is 0 Å². The minimum atomic E-state index is -0.349. The molecule has 11 heavy (non-hydrogen) atoms. The van der Waals surface area contributed by atoms with Crippen molar-refractivity contribution in [1.29, 1.82) is 0 Å². The molecule has 0 saturated carbocycles. The Morgan fingerprint density at radius 2 is 2.09 bits per heavy atom. The summed E-state index contributed by atoms with van der Waals surface area (Å²) in [5, 5.41) is 9.22. The molecule has 0 heterocycles. The summed E-state index contributed by atoms with van der Waals surface area (Å²) >= 11 is 11.6. The molecule has 3 heteroatoms. The van der Waals surface area contributed by atoms with E-state index in [0.29, 0.717) is 5.88 Å². The van der Waals surface area contributed by atoms with Crippen LogP contribution < -0.4 is 0 Å². The van der Waals surface area contributed by atoms with Crippen molar-refractivity contribution in [2.24, 2.45) is 0 Å². The molecule has 68 valence electrons. The zero-order valence-corrected chi connectivity index (χ0v) is 8.62. The summed E-state index contributed by atoms with van der Waals surface area (Å²) in [6, 6.07) is 0. The van der Waals surface area contributed by atoms with E-state index in [0.717, 1.165) is 19.3 Å². The average molecular weight is 199 g/mol. The quantitative estimate of drug-likeness (QED) is 0.675. The Balaban J connectivity index is 3.52. The SMILES string of the molecule is CCC(O)CCC(C)(Cl)CCl. The second-order valence-corrected chi connectivity index (χ2v) is 4.33. The lowest BCUT2D eigenvalue weighted by Gasteiger charge is -2.19. The van der Waals surface area contributed by atoms with Gasteiger partial charge in [0.1, 0.15) is 0 Å². The molecule has 1 nitrogen and oxygen atoms in total. The van der Waals surface area contributed by atoms with Crippen molar-refractivity contribution in [2.45, 2.75) is 44.1 Å². The Bertz CT molecular complexity index is 104. The van der Waals surface area contributed by atoms with Gasteiger partial charge in [-0.05, 0) is 26.2 Å². The molecule has 0 fully saturated rings. The van der Waals surface area contributed by atoms with Gasteiger partial charge in [-0.3, -0.25) is 0 Å². The summed E-state index contributed by atoms with van der Waals surface area (Å²) in [7, 11) is 0. The zero-order valence-electron chi connectivity index (χ0n) is 7.11. The molecule has 0 aromatic carbocycles. The van der Waals surface area contributed by atoms with Gasteiger partial charge in [0.05, 0.1) is 11.0 Å². The highest BCUT2D eigenvalue weighted by Crippen LogP contribution is 2.23. The Morgan fingerprint density at radius 1 is 1.55 bits per heavy atom. The molecule has 0 aromatic rings. The zero-order chi connectivity index (χ0) is 8.91. The van der Waals surface area contributed by atoms with E-state index in [2.05, 4.69) is 0 Å². The number of hydrogen-bond acceptors (Lipinski definition) is 1. The normalized spacial score (nSPS) is 19.4. The smallest absolute Gasteiger partial charge is 0.0554 e. The van der Waals surface area contributed by atoms with E-state index in [9.17, 15) is 5.11 Å². The summed E-state index contributed by atoms with van der Waals surface area (Å²) in [5.74, 6) is 0.436. The van der Waals surface area contributed by atoms with Crippen LogP contribution >= 0.6 is 23.2 Å². The molecule has 0 radical (unpaired) electrons. The molecular weight excluding hydrogens is 183 g/mol. The lowest BCUT2D eigenvalue weighted by molar-refractivity contribution is 0.154. The number of halogens is 2. The highest BCUT2D eigenvalue weighted by atomic mass is 35.5. The van der Waals surface area contributed by atoms with Crippen LogP contribution in [0.25, 0.3) is 0 Å². The third-order valence-corrected chi connectivity index (χ3v) is 2.80. The van der Waals surface area contributed by atoms with Crippen LogP contribution in [0.15, 0.2) is 0 Å². The van der Waals surface area contributed by atoms with Crippen molar-refractivity contribution in [2.75, 3.05) is 5.88 Å². The van der Waals surface area contributed by atoms with Crippen molar-refractivity contribution in [3.05, 3.63) is 0 Å². The minimum absolute atomic E-state index is 0.226. The van der Waals surface area contributed by atoms with Crippen LogP contribution in [0.4, 0.5) is 0 Å². The van der Waals surface area contributed by atoms with E-state index in [4.69, 9.17) is 23.2 Å². The third-order valence-electron chi connectivity index (χ3n) is 1.75. The first kappa shape index (κ1) is 11.5. The molecule has 0 aliphatic carbocycles. The van der Waals surface area contributed by atoms with E-state index < -0.39 is 0 Å². The van der Waals surface area contributed by atoms with Crippen LogP contribution in [-0.2, 0) is 0 Å². The first-order valence-electron chi connectivity index (χ1n) is 3.95. The van der Waals surface area contributed by atoms with Gasteiger partial charge in [-0.15, -0.1) is 23.2 Å². The fourth-order valence-corrected chi connectivity index (χ4v) is 0.981. The summed E-state index contributed by atoms with van der Waals surface area (Å²) in [6.45, 7) is 3.85. The van der Waals surface area contributed by atoms with Gasteiger partial charge >= 0.3 is 0 Å². The summed E-state index contributed by atoms with van der Waals surface area (Å²) in [5.41, 5.74) is 0. The Kier molecular flexibility index (Phi) is 5.49. The molecule has 0 amide bonds. The minimum Gasteiger partial charge on any atom is -0.393 e.